The highest BCUT2D eigenvalue weighted by molar-refractivity contribution is 6.30. The van der Waals surface area contributed by atoms with Crippen LogP contribution >= 0.6 is 11.6 Å². The van der Waals surface area contributed by atoms with E-state index in [0.29, 0.717) is 10.6 Å². The molecule has 90 valence electrons. The van der Waals surface area contributed by atoms with Gasteiger partial charge in [-0.15, -0.1) is 0 Å². The first kappa shape index (κ1) is 12.6. The third kappa shape index (κ3) is 3.31. The Morgan fingerprint density at radius 3 is 2.50 bits per heavy atom. The first-order chi connectivity index (χ1) is 8.79. The number of benzene rings is 2. The predicted molar refractivity (Wildman–Crippen MR) is 75.6 cm³/mol. The lowest BCUT2D eigenvalue weighted by Gasteiger charge is -2.02. The lowest BCUT2D eigenvalue weighted by Crippen LogP contribution is -1.88. The molecule has 0 bridgehead atoms. The van der Waals surface area contributed by atoms with Gasteiger partial charge < -0.3 is 0 Å². The van der Waals surface area contributed by atoms with Gasteiger partial charge in [0.05, 0.1) is 0 Å². The molecule has 0 saturated heterocycles. The highest BCUT2D eigenvalue weighted by Crippen LogP contribution is 2.18. The standard InChI is InChI=1S/C16H13ClO/c17-16-8-4-7-14(11-16)15(12-18)10-9-13-5-2-1-3-6-13/h1-8,10-12H,9H2. The molecule has 0 amide bonds. The second-order valence-corrected chi connectivity index (χ2v) is 4.41. The van der Waals surface area contributed by atoms with E-state index in [1.807, 2.05) is 48.5 Å². The Hall–Kier alpha value is -1.86. The molecule has 2 aromatic rings. The molecule has 0 spiro atoms. The minimum absolute atomic E-state index is 0.639. The second-order valence-electron chi connectivity index (χ2n) is 3.98. The number of carbonyl (C=O) groups is 1. The van der Waals surface area contributed by atoms with Crippen molar-refractivity contribution in [2.75, 3.05) is 0 Å². The Morgan fingerprint density at radius 1 is 1.06 bits per heavy atom. The summed E-state index contributed by atoms with van der Waals surface area (Å²) in [5.41, 5.74) is 2.70. The van der Waals surface area contributed by atoms with Gasteiger partial charge in [-0.1, -0.05) is 60.1 Å². The molecule has 1 nitrogen and oxygen atoms in total. The maximum Gasteiger partial charge on any atom is 0.150 e. The van der Waals surface area contributed by atoms with Crippen LogP contribution in [0.25, 0.3) is 5.57 Å². The van der Waals surface area contributed by atoms with Crippen molar-refractivity contribution in [3.8, 4) is 0 Å². The van der Waals surface area contributed by atoms with E-state index in [2.05, 4.69) is 0 Å². The molecule has 2 heteroatoms. The molecule has 0 N–H and O–H groups in total. The normalized spacial score (nSPS) is 11.3. The summed E-state index contributed by atoms with van der Waals surface area (Å²) in [6.07, 6.45) is 3.53. The topological polar surface area (TPSA) is 17.1 Å². The summed E-state index contributed by atoms with van der Waals surface area (Å²) in [5, 5.41) is 0.639. The average molecular weight is 257 g/mol. The molecule has 2 rings (SSSR count). The van der Waals surface area contributed by atoms with Gasteiger partial charge in [-0.25, -0.2) is 0 Å². The number of allylic oxidation sites excluding steroid dienone is 2. The maximum atomic E-state index is 11.1. The highest BCUT2D eigenvalue weighted by atomic mass is 35.5. The Kier molecular flexibility index (Phi) is 4.32. The molecule has 0 aliphatic rings. The van der Waals surface area contributed by atoms with Crippen molar-refractivity contribution in [2.45, 2.75) is 6.42 Å². The van der Waals surface area contributed by atoms with Crippen LogP contribution in [0.15, 0.2) is 60.7 Å². The fourth-order valence-electron chi connectivity index (χ4n) is 1.74. The van der Waals surface area contributed by atoms with Crippen LogP contribution in [0.5, 0.6) is 0 Å². The first-order valence-electron chi connectivity index (χ1n) is 5.75. The Balaban J connectivity index is 2.21. The molecule has 0 atom stereocenters. The fourth-order valence-corrected chi connectivity index (χ4v) is 1.93. The van der Waals surface area contributed by atoms with Crippen molar-refractivity contribution in [1.82, 2.24) is 0 Å². The van der Waals surface area contributed by atoms with Crippen molar-refractivity contribution in [2.24, 2.45) is 0 Å². The Bertz CT molecular complexity index is 558. The molecule has 0 radical (unpaired) electrons. The number of hydrogen-bond acceptors (Lipinski definition) is 1. The molecular weight excluding hydrogens is 244 g/mol. The summed E-state index contributed by atoms with van der Waals surface area (Å²) < 4.78 is 0. The minimum Gasteiger partial charge on any atom is -0.298 e. The van der Waals surface area contributed by atoms with Crippen molar-refractivity contribution < 1.29 is 4.79 Å². The second kappa shape index (κ2) is 6.18. The molecule has 0 saturated carbocycles. The molecular formula is C16H13ClO. The molecule has 0 heterocycles. The van der Waals surface area contributed by atoms with Gasteiger partial charge >= 0.3 is 0 Å². The first-order valence-corrected chi connectivity index (χ1v) is 6.12. The zero-order valence-corrected chi connectivity index (χ0v) is 10.6. The smallest absolute Gasteiger partial charge is 0.150 e. The van der Waals surface area contributed by atoms with Gasteiger partial charge in [0.1, 0.15) is 6.29 Å². The van der Waals surface area contributed by atoms with Gasteiger partial charge in [-0.05, 0) is 29.7 Å². The maximum absolute atomic E-state index is 11.1. The van der Waals surface area contributed by atoms with Crippen molar-refractivity contribution >= 4 is 23.5 Å². The van der Waals surface area contributed by atoms with Crippen LogP contribution in [-0.2, 0) is 11.2 Å². The number of hydrogen-bond donors (Lipinski definition) is 0. The monoisotopic (exact) mass is 256 g/mol. The summed E-state index contributed by atoms with van der Waals surface area (Å²) in [6, 6.07) is 17.4. The summed E-state index contributed by atoms with van der Waals surface area (Å²) in [7, 11) is 0. The van der Waals surface area contributed by atoms with Crippen LogP contribution in [0.2, 0.25) is 5.02 Å². The lowest BCUT2D eigenvalue weighted by atomic mass is 10.0. The van der Waals surface area contributed by atoms with Gasteiger partial charge in [0.2, 0.25) is 0 Å². The predicted octanol–water partition coefficient (Wildman–Crippen LogP) is 4.17. The zero-order valence-electron chi connectivity index (χ0n) is 9.84. The van der Waals surface area contributed by atoms with Gasteiger partial charge in [0, 0.05) is 10.6 Å². The quantitative estimate of drug-likeness (QED) is 0.593. The van der Waals surface area contributed by atoms with E-state index >= 15 is 0 Å². The summed E-state index contributed by atoms with van der Waals surface area (Å²) in [4.78, 5) is 11.1. The van der Waals surface area contributed by atoms with E-state index < -0.39 is 0 Å². The van der Waals surface area contributed by atoms with Crippen LogP contribution < -0.4 is 0 Å². The number of carbonyl (C=O) groups excluding carboxylic acids is 1. The molecule has 0 aliphatic heterocycles. The number of aldehydes is 1. The molecule has 0 fully saturated rings. The van der Waals surface area contributed by atoms with E-state index in [-0.39, 0.29) is 0 Å². The minimum atomic E-state index is 0.639. The largest absolute Gasteiger partial charge is 0.298 e. The summed E-state index contributed by atoms with van der Waals surface area (Å²) >= 11 is 5.92. The van der Waals surface area contributed by atoms with Crippen molar-refractivity contribution in [3.63, 3.8) is 0 Å². The highest BCUT2D eigenvalue weighted by Gasteiger charge is 2.00. The molecule has 0 aromatic heterocycles. The van der Waals surface area contributed by atoms with Gasteiger partial charge in [-0.2, -0.15) is 0 Å². The third-order valence-electron chi connectivity index (χ3n) is 2.69. The lowest BCUT2D eigenvalue weighted by molar-refractivity contribution is -0.103. The van der Waals surface area contributed by atoms with E-state index in [1.165, 1.54) is 5.56 Å². The number of halogens is 1. The Labute approximate surface area is 112 Å². The van der Waals surface area contributed by atoms with Crippen LogP contribution in [-0.4, -0.2) is 6.29 Å². The van der Waals surface area contributed by atoms with Crippen molar-refractivity contribution in [1.29, 1.82) is 0 Å². The van der Waals surface area contributed by atoms with Crippen LogP contribution in [0.4, 0.5) is 0 Å². The van der Waals surface area contributed by atoms with E-state index in [1.54, 1.807) is 12.1 Å². The number of rotatable bonds is 4. The van der Waals surface area contributed by atoms with E-state index in [4.69, 9.17) is 11.6 Å². The molecule has 0 aliphatic carbocycles. The summed E-state index contributed by atoms with van der Waals surface area (Å²) in [5.74, 6) is 0. The molecule has 18 heavy (non-hydrogen) atoms. The molecule has 0 unspecified atom stereocenters. The Morgan fingerprint density at radius 2 is 1.83 bits per heavy atom. The zero-order chi connectivity index (χ0) is 12.8. The SMILES string of the molecule is O=CC(=CCc1ccccc1)c1cccc(Cl)c1. The van der Waals surface area contributed by atoms with Gasteiger partial charge in [0.25, 0.3) is 0 Å². The fraction of sp³-hybridized carbons (Fsp3) is 0.0625. The summed E-state index contributed by atoms with van der Waals surface area (Å²) in [6.45, 7) is 0. The molecule has 2 aromatic carbocycles. The van der Waals surface area contributed by atoms with E-state index in [9.17, 15) is 4.79 Å². The van der Waals surface area contributed by atoms with Gasteiger partial charge in [0.15, 0.2) is 0 Å². The average Bonchev–Trinajstić information content (AvgIpc) is 2.41. The van der Waals surface area contributed by atoms with Crippen molar-refractivity contribution in [3.05, 3.63) is 76.8 Å². The third-order valence-corrected chi connectivity index (χ3v) is 2.92. The van der Waals surface area contributed by atoms with Crippen LogP contribution in [0.3, 0.4) is 0 Å². The van der Waals surface area contributed by atoms with E-state index in [0.717, 1.165) is 18.3 Å². The van der Waals surface area contributed by atoms with Crippen LogP contribution in [0, 0.1) is 0 Å². The van der Waals surface area contributed by atoms with Crippen LogP contribution in [0.1, 0.15) is 11.1 Å². The van der Waals surface area contributed by atoms with Gasteiger partial charge in [-0.3, -0.25) is 4.79 Å².